The monoisotopic (exact) mass is 571 g/mol. The van der Waals surface area contributed by atoms with Gasteiger partial charge in [-0.15, -0.1) is 11.3 Å². The lowest BCUT2D eigenvalue weighted by molar-refractivity contribution is 0.0980. The fraction of sp³-hybridized carbons (Fsp3) is 0.304. The van der Waals surface area contributed by atoms with E-state index in [1.807, 2.05) is 24.1 Å². The van der Waals surface area contributed by atoms with Gasteiger partial charge in [0.25, 0.3) is 16.1 Å². The first-order chi connectivity index (χ1) is 18.7. The molecule has 0 saturated carbocycles. The highest BCUT2D eigenvalue weighted by Crippen LogP contribution is 2.35. The fourth-order valence-electron chi connectivity index (χ4n) is 3.92. The molecule has 0 aliphatic carbocycles. The van der Waals surface area contributed by atoms with Crippen LogP contribution in [-0.4, -0.2) is 79.7 Å². The number of thiophene rings is 1. The maximum absolute atomic E-state index is 12.0. The number of rotatable bonds is 8. The van der Waals surface area contributed by atoms with Crippen LogP contribution in [0.1, 0.15) is 15.2 Å². The van der Waals surface area contributed by atoms with E-state index >= 15 is 0 Å². The van der Waals surface area contributed by atoms with E-state index in [2.05, 4.69) is 19.9 Å². The van der Waals surface area contributed by atoms with Crippen molar-refractivity contribution < 1.29 is 22.7 Å². The van der Waals surface area contributed by atoms with Gasteiger partial charge in [-0.25, -0.2) is 34.8 Å². The Morgan fingerprint density at radius 1 is 1.18 bits per heavy atom. The number of pyridine rings is 1. The van der Waals surface area contributed by atoms with E-state index in [0.29, 0.717) is 37.4 Å². The average Bonchev–Trinajstić information content (AvgIpc) is 3.34. The highest BCUT2D eigenvalue weighted by Gasteiger charge is 2.21. The van der Waals surface area contributed by atoms with Gasteiger partial charge in [0, 0.05) is 55.2 Å². The van der Waals surface area contributed by atoms with E-state index in [4.69, 9.17) is 24.6 Å². The zero-order valence-electron chi connectivity index (χ0n) is 21.1. The smallest absolute Gasteiger partial charge is 0.298 e. The van der Waals surface area contributed by atoms with Crippen molar-refractivity contribution in [3.8, 4) is 17.3 Å². The summed E-state index contributed by atoms with van der Waals surface area (Å²) in [4.78, 5) is 39.4. The van der Waals surface area contributed by atoms with Crippen molar-refractivity contribution in [1.29, 1.82) is 0 Å². The number of hydrogen-bond donors (Lipinski definition) is 2. The molecule has 3 N–H and O–H groups in total. The Labute approximate surface area is 228 Å². The number of hydrogen-bond acceptors (Lipinski definition) is 13. The van der Waals surface area contributed by atoms with Crippen molar-refractivity contribution in [3.63, 3.8) is 0 Å². The molecule has 0 unspecified atom stereocenters. The van der Waals surface area contributed by atoms with Crippen LogP contribution >= 0.6 is 11.3 Å². The summed E-state index contributed by atoms with van der Waals surface area (Å²) in [6, 6.07) is 5.66. The number of carbonyl (C=O) groups is 1. The summed E-state index contributed by atoms with van der Waals surface area (Å²) in [5.74, 6) is 1.36. The first-order valence-corrected chi connectivity index (χ1v) is 14.1. The van der Waals surface area contributed by atoms with Gasteiger partial charge in [-0.3, -0.25) is 4.79 Å². The molecule has 4 aromatic rings. The molecule has 0 atom stereocenters. The Bertz CT molecular complexity index is 1590. The molecule has 1 aliphatic heterocycles. The van der Waals surface area contributed by atoms with E-state index in [1.165, 1.54) is 12.4 Å². The van der Waals surface area contributed by atoms with Crippen molar-refractivity contribution >= 4 is 49.4 Å². The van der Waals surface area contributed by atoms with Crippen LogP contribution in [0.5, 0.6) is 5.88 Å². The lowest BCUT2D eigenvalue weighted by atomic mass is 10.2. The van der Waals surface area contributed by atoms with E-state index in [-0.39, 0.29) is 5.56 Å². The summed E-state index contributed by atoms with van der Waals surface area (Å²) < 4.78 is 35.5. The van der Waals surface area contributed by atoms with Crippen LogP contribution in [0, 0.1) is 0 Å². The Balaban J connectivity index is 1.42. The van der Waals surface area contributed by atoms with E-state index in [9.17, 15) is 13.2 Å². The summed E-state index contributed by atoms with van der Waals surface area (Å²) in [5, 5.41) is 4.85. The van der Waals surface area contributed by atoms with Crippen molar-refractivity contribution in [2.24, 2.45) is 5.14 Å². The lowest BCUT2D eigenvalue weighted by Gasteiger charge is -2.28. The molecule has 4 aromatic heterocycles. The first kappa shape index (κ1) is 26.6. The molecule has 1 aliphatic rings. The van der Waals surface area contributed by atoms with E-state index < -0.39 is 16.1 Å². The van der Waals surface area contributed by atoms with Gasteiger partial charge in [0.2, 0.25) is 11.8 Å². The van der Waals surface area contributed by atoms with Crippen molar-refractivity contribution in [2.75, 3.05) is 50.3 Å². The molecule has 0 spiro atoms. The molecule has 0 radical (unpaired) electrons. The Morgan fingerprint density at radius 2 is 1.92 bits per heavy atom. The minimum Gasteiger partial charge on any atom is -0.481 e. The van der Waals surface area contributed by atoms with Crippen molar-refractivity contribution in [3.05, 3.63) is 47.2 Å². The number of nitrogens with one attached hydrogen (secondary N) is 1. The molecule has 1 fully saturated rings. The molecule has 0 bridgehead atoms. The van der Waals surface area contributed by atoms with Crippen LogP contribution in [0.25, 0.3) is 21.6 Å². The number of amides is 1. The topological polar surface area (TPSA) is 179 Å². The van der Waals surface area contributed by atoms with Gasteiger partial charge in [-0.2, -0.15) is 8.42 Å². The zero-order chi connectivity index (χ0) is 27.6. The molecule has 1 amide bonds. The second kappa shape index (κ2) is 11.0. The second-order valence-electron chi connectivity index (χ2n) is 8.59. The van der Waals surface area contributed by atoms with E-state index in [0.717, 1.165) is 39.6 Å². The van der Waals surface area contributed by atoms with Crippen molar-refractivity contribution in [1.82, 2.24) is 29.6 Å². The molecule has 204 valence electrons. The van der Waals surface area contributed by atoms with Gasteiger partial charge in [-0.05, 0) is 12.1 Å². The summed E-state index contributed by atoms with van der Waals surface area (Å²) in [7, 11) is -0.805. The Kier molecular flexibility index (Phi) is 7.51. The van der Waals surface area contributed by atoms with E-state index in [1.54, 1.807) is 35.4 Å². The molecular formula is C23H25N9O5S2. The number of fused-ring (bicyclic) bond motifs is 1. The third-order valence-corrected chi connectivity index (χ3v) is 7.36. The van der Waals surface area contributed by atoms with Gasteiger partial charge in [0.05, 0.1) is 42.6 Å². The highest BCUT2D eigenvalue weighted by molar-refractivity contribution is 7.87. The molecule has 39 heavy (non-hydrogen) atoms. The van der Waals surface area contributed by atoms with Crippen LogP contribution in [0.3, 0.4) is 0 Å². The molecule has 5 heterocycles. The van der Waals surface area contributed by atoms with Crippen LogP contribution in [0.2, 0.25) is 0 Å². The summed E-state index contributed by atoms with van der Waals surface area (Å²) >= 11 is 1.58. The third-order valence-electron chi connectivity index (χ3n) is 5.79. The third kappa shape index (κ3) is 6.19. The molecule has 16 heteroatoms. The predicted octanol–water partition coefficient (Wildman–Crippen LogP) is 0.958. The normalized spacial score (nSPS) is 13.9. The highest BCUT2D eigenvalue weighted by atomic mass is 32.2. The Hall–Kier alpha value is -3.99. The Morgan fingerprint density at radius 3 is 2.56 bits per heavy atom. The quantitative estimate of drug-likeness (QED) is 0.306. The first-order valence-electron chi connectivity index (χ1n) is 11.7. The van der Waals surface area contributed by atoms with Gasteiger partial charge in [0.15, 0.2) is 11.6 Å². The molecule has 1 saturated heterocycles. The average molecular weight is 572 g/mol. The fourth-order valence-corrected chi connectivity index (χ4v) is 5.46. The number of morpholine rings is 1. The number of ether oxygens (including phenoxy) is 2. The minimum absolute atomic E-state index is 0.0333. The SMILES string of the molecule is COc1ccc(-c2nc(N3CCOCC3)c3sc(CN(C)c4ncc(C(=O)NS(N)(=O)=O)cn4)cc3n2)cn1. The molecule has 14 nitrogen and oxygen atoms in total. The second-order valence-corrected chi connectivity index (χ2v) is 11.0. The van der Waals surface area contributed by atoms with Crippen LogP contribution < -0.4 is 24.4 Å². The van der Waals surface area contributed by atoms with Gasteiger partial charge in [0.1, 0.15) is 0 Å². The zero-order valence-corrected chi connectivity index (χ0v) is 22.7. The number of aromatic nitrogens is 5. The maximum atomic E-state index is 12.0. The maximum Gasteiger partial charge on any atom is 0.298 e. The summed E-state index contributed by atoms with van der Waals surface area (Å²) in [5.41, 5.74) is 1.55. The predicted molar refractivity (Wildman–Crippen MR) is 145 cm³/mol. The van der Waals surface area contributed by atoms with Crippen LogP contribution in [-0.2, 0) is 21.5 Å². The van der Waals surface area contributed by atoms with Gasteiger partial charge >= 0.3 is 0 Å². The van der Waals surface area contributed by atoms with Gasteiger partial charge < -0.3 is 19.3 Å². The largest absolute Gasteiger partial charge is 0.481 e. The molecule has 5 rings (SSSR count). The molecule has 0 aromatic carbocycles. The number of anilines is 2. The summed E-state index contributed by atoms with van der Waals surface area (Å²) in [6.45, 7) is 3.15. The van der Waals surface area contributed by atoms with Crippen molar-refractivity contribution in [2.45, 2.75) is 6.54 Å². The number of methoxy groups -OCH3 is 1. The van der Waals surface area contributed by atoms with Gasteiger partial charge in [-0.1, -0.05) is 0 Å². The summed E-state index contributed by atoms with van der Waals surface area (Å²) in [6.07, 6.45) is 4.16. The van der Waals surface area contributed by atoms with Crippen LogP contribution in [0.4, 0.5) is 11.8 Å². The number of nitrogens with two attached hydrogens (primary N) is 1. The standard InChI is InChI=1S/C23H25N9O5S2/c1-31(23-26-11-15(12-27-23)22(33)30-39(24,34)35)13-16-9-17-19(38-16)21(32-5-7-37-8-6-32)29-20(28-17)14-3-4-18(36-2)25-10-14/h3-4,9-12H,5-8,13H2,1-2H3,(H,30,33)(H2,24,34,35). The number of nitrogens with zero attached hydrogens (tertiary/aromatic N) is 7. The number of carbonyl (C=O) groups excluding carboxylic acids is 1. The minimum atomic E-state index is -4.18. The lowest BCUT2D eigenvalue weighted by Crippen LogP contribution is -2.36. The molecular weight excluding hydrogens is 546 g/mol. The van der Waals surface area contributed by atoms with Crippen LogP contribution in [0.15, 0.2) is 36.8 Å².